The number of nitrogens with zero attached hydrogens (tertiary/aromatic N) is 4. The molecular formula is C38H24N4S. The van der Waals surface area contributed by atoms with Crippen molar-refractivity contribution in [3.05, 3.63) is 146 Å². The molecule has 0 amide bonds. The molecule has 4 aromatic heterocycles. The maximum absolute atomic E-state index is 5.37. The number of rotatable bonds is 4. The Kier molecular flexibility index (Phi) is 5.33. The summed E-state index contributed by atoms with van der Waals surface area (Å²) in [6.07, 6.45) is 3.78. The summed E-state index contributed by atoms with van der Waals surface area (Å²) in [6, 6.07) is 47.1. The van der Waals surface area contributed by atoms with Gasteiger partial charge in [0.25, 0.3) is 0 Å². The highest BCUT2D eigenvalue weighted by molar-refractivity contribution is 7.18. The van der Waals surface area contributed by atoms with Gasteiger partial charge in [-0.15, -0.1) is 0 Å². The Morgan fingerprint density at radius 1 is 0.512 bits per heavy atom. The maximum Gasteiger partial charge on any atom is 0.195 e. The van der Waals surface area contributed by atoms with Crippen LogP contribution in [-0.4, -0.2) is 19.1 Å². The first-order valence-electron chi connectivity index (χ1n) is 14.3. The molecule has 9 aromatic rings. The van der Waals surface area contributed by atoms with Crippen molar-refractivity contribution in [2.45, 2.75) is 0 Å². The van der Waals surface area contributed by atoms with E-state index >= 15 is 0 Å². The number of hydrogen-bond donors (Lipinski definition) is 0. The topological polar surface area (TPSA) is 35.6 Å². The van der Waals surface area contributed by atoms with E-state index in [0.29, 0.717) is 0 Å². The molecule has 0 atom stereocenters. The van der Waals surface area contributed by atoms with Gasteiger partial charge in [-0.3, -0.25) is 9.55 Å². The van der Waals surface area contributed by atoms with Gasteiger partial charge in [-0.2, -0.15) is 0 Å². The van der Waals surface area contributed by atoms with Crippen LogP contribution in [0.25, 0.3) is 76.1 Å². The molecule has 43 heavy (non-hydrogen) atoms. The third-order valence-corrected chi connectivity index (χ3v) is 9.35. The molecule has 0 saturated heterocycles. The van der Waals surface area contributed by atoms with E-state index in [9.17, 15) is 0 Å². The lowest BCUT2D eigenvalue weighted by atomic mass is 10.1. The monoisotopic (exact) mass is 568 g/mol. The van der Waals surface area contributed by atoms with Gasteiger partial charge in [-0.25, -0.2) is 4.98 Å². The van der Waals surface area contributed by atoms with E-state index in [2.05, 4.69) is 142 Å². The molecule has 9 rings (SSSR count). The lowest BCUT2D eigenvalue weighted by Crippen LogP contribution is -1.95. The Hall–Kier alpha value is -5.52. The van der Waals surface area contributed by atoms with Gasteiger partial charge < -0.3 is 4.57 Å². The van der Waals surface area contributed by atoms with Crippen LogP contribution in [-0.2, 0) is 0 Å². The highest BCUT2D eigenvalue weighted by atomic mass is 32.1. The van der Waals surface area contributed by atoms with Gasteiger partial charge in [-0.1, -0.05) is 114 Å². The van der Waals surface area contributed by atoms with Crippen molar-refractivity contribution in [2.75, 3.05) is 0 Å². The normalized spacial score (nSPS) is 11.7. The molecule has 4 nitrogen and oxygen atoms in total. The molecule has 0 unspecified atom stereocenters. The van der Waals surface area contributed by atoms with Gasteiger partial charge in [0.2, 0.25) is 0 Å². The third kappa shape index (κ3) is 3.62. The Morgan fingerprint density at radius 2 is 1.19 bits per heavy atom. The van der Waals surface area contributed by atoms with Gasteiger partial charge in [0, 0.05) is 33.3 Å². The number of aromatic nitrogens is 4. The zero-order valence-corrected chi connectivity index (χ0v) is 23.9. The lowest BCUT2D eigenvalue weighted by Gasteiger charge is -2.08. The summed E-state index contributed by atoms with van der Waals surface area (Å²) in [5.74, 6) is 0. The zero-order valence-electron chi connectivity index (χ0n) is 23.1. The van der Waals surface area contributed by atoms with Crippen LogP contribution in [0.4, 0.5) is 0 Å². The summed E-state index contributed by atoms with van der Waals surface area (Å²) in [7, 11) is 0. The fraction of sp³-hybridized carbons (Fsp3) is 0. The van der Waals surface area contributed by atoms with Crippen LogP contribution in [0, 0.1) is 0 Å². The molecule has 0 bridgehead atoms. The molecular weight excluding hydrogens is 545 g/mol. The largest absolute Gasteiger partial charge is 0.307 e. The number of hydrogen-bond acceptors (Lipinski definition) is 3. The lowest BCUT2D eigenvalue weighted by molar-refractivity contribution is 1.13. The molecule has 4 heterocycles. The summed E-state index contributed by atoms with van der Waals surface area (Å²) < 4.78 is 4.71. The van der Waals surface area contributed by atoms with Crippen LogP contribution >= 0.6 is 11.3 Å². The van der Waals surface area contributed by atoms with E-state index in [1.54, 1.807) is 11.3 Å². The second kappa shape index (κ2) is 9.51. The summed E-state index contributed by atoms with van der Waals surface area (Å²) in [5.41, 5.74) is 8.96. The van der Waals surface area contributed by atoms with Crippen molar-refractivity contribution < 1.29 is 0 Å². The molecule has 5 aromatic carbocycles. The molecule has 5 heteroatoms. The van der Waals surface area contributed by atoms with Crippen molar-refractivity contribution in [1.82, 2.24) is 19.1 Å². The van der Waals surface area contributed by atoms with Crippen LogP contribution in [0.3, 0.4) is 0 Å². The third-order valence-electron chi connectivity index (χ3n) is 8.26. The van der Waals surface area contributed by atoms with Crippen LogP contribution < -0.4 is 0 Å². The van der Waals surface area contributed by atoms with Crippen LogP contribution in [0.5, 0.6) is 0 Å². The van der Waals surface area contributed by atoms with Crippen molar-refractivity contribution in [1.29, 1.82) is 0 Å². The summed E-state index contributed by atoms with van der Waals surface area (Å²) in [4.78, 5) is 11.0. The van der Waals surface area contributed by atoms with Gasteiger partial charge in [0.1, 0.15) is 0 Å². The SMILES string of the molecule is c1ccc(-c2nc(-n3c4ccccc4c4c3ccc3c5ccccc5n(-c5cccnc5)c34)sc2-c2ccccc2)cc1. The highest BCUT2D eigenvalue weighted by Gasteiger charge is 2.23. The first-order chi connectivity index (χ1) is 21.4. The molecule has 0 spiro atoms. The van der Waals surface area contributed by atoms with E-state index in [1.165, 1.54) is 43.0 Å². The summed E-state index contributed by atoms with van der Waals surface area (Å²) in [6.45, 7) is 0. The minimum Gasteiger partial charge on any atom is -0.307 e. The van der Waals surface area contributed by atoms with Crippen LogP contribution in [0.1, 0.15) is 0 Å². The fourth-order valence-corrected chi connectivity index (χ4v) is 7.57. The number of benzene rings is 5. The molecule has 0 saturated carbocycles. The summed E-state index contributed by atoms with van der Waals surface area (Å²) in [5, 5.41) is 5.82. The molecule has 0 radical (unpaired) electrons. The minimum atomic E-state index is 0.951. The van der Waals surface area contributed by atoms with Crippen molar-refractivity contribution in [2.24, 2.45) is 0 Å². The average molecular weight is 569 g/mol. The van der Waals surface area contributed by atoms with Crippen molar-refractivity contribution >= 4 is 54.9 Å². The quantitative estimate of drug-likeness (QED) is 0.212. The van der Waals surface area contributed by atoms with Crippen LogP contribution in [0.15, 0.2) is 146 Å². The van der Waals surface area contributed by atoms with Crippen molar-refractivity contribution in [3.63, 3.8) is 0 Å². The van der Waals surface area contributed by atoms with Gasteiger partial charge in [-0.05, 0) is 35.9 Å². The Bertz CT molecular complexity index is 2380. The second-order valence-electron chi connectivity index (χ2n) is 10.7. The van der Waals surface area contributed by atoms with E-state index in [4.69, 9.17) is 4.98 Å². The highest BCUT2D eigenvalue weighted by Crippen LogP contribution is 2.44. The predicted octanol–water partition coefficient (Wildman–Crippen LogP) is 10.1. The average Bonchev–Trinajstić information content (AvgIpc) is 3.76. The first-order valence-corrected chi connectivity index (χ1v) is 15.2. The summed E-state index contributed by atoms with van der Waals surface area (Å²) >= 11 is 1.74. The van der Waals surface area contributed by atoms with Crippen LogP contribution in [0.2, 0.25) is 0 Å². The minimum absolute atomic E-state index is 0.951. The van der Waals surface area contributed by atoms with Gasteiger partial charge in [0.15, 0.2) is 5.13 Å². The molecule has 0 fully saturated rings. The second-order valence-corrected chi connectivity index (χ2v) is 11.7. The maximum atomic E-state index is 5.37. The Labute approximate surface area is 251 Å². The van der Waals surface area contributed by atoms with Crippen molar-refractivity contribution in [3.8, 4) is 32.5 Å². The number of para-hydroxylation sites is 2. The van der Waals surface area contributed by atoms with Gasteiger partial charge >= 0.3 is 0 Å². The standard InChI is InChI=1S/C38H24N4S/c1-3-12-25(13-4-1)35-37(26-14-5-2-6-15-26)43-38(40-35)42-32-20-10-8-18-30(32)34-33(42)22-21-29-28-17-7-9-19-31(28)41(36(29)34)27-16-11-23-39-24-27/h1-24H. The Balaban J connectivity index is 1.42. The zero-order chi connectivity index (χ0) is 28.3. The molecule has 0 N–H and O–H groups in total. The number of pyridine rings is 1. The van der Waals surface area contributed by atoms with Gasteiger partial charge in [0.05, 0.1) is 44.5 Å². The van der Waals surface area contributed by atoms with E-state index < -0.39 is 0 Å². The first kappa shape index (κ1) is 24.1. The van der Waals surface area contributed by atoms with E-state index in [0.717, 1.165) is 33.1 Å². The Morgan fingerprint density at radius 3 is 1.93 bits per heavy atom. The van der Waals surface area contributed by atoms with E-state index in [-0.39, 0.29) is 0 Å². The molecule has 202 valence electrons. The predicted molar refractivity (Wildman–Crippen MR) is 179 cm³/mol. The van der Waals surface area contributed by atoms with E-state index in [1.807, 2.05) is 18.5 Å². The molecule has 0 aliphatic rings. The molecule has 0 aliphatic heterocycles. The smallest absolute Gasteiger partial charge is 0.195 e. The molecule has 0 aliphatic carbocycles. The number of fused-ring (bicyclic) bond motifs is 7. The fourth-order valence-electron chi connectivity index (χ4n) is 6.45. The number of thiazole rings is 1.